The molecule has 1 N–H and O–H groups in total. The SMILES string of the molecule is C[C@@H]1CN(c2cccc(-c3ccc4cnc(CC(=O)N[C@@H]5CN(S(=O)(=O)C(F)F)CC(F)(F)C5)cc4n3)n2)C[C@H](C)O1. The van der Waals surface area contributed by atoms with Gasteiger partial charge in [-0.2, -0.15) is 13.1 Å². The second-order valence-corrected chi connectivity index (χ2v) is 12.6. The summed E-state index contributed by atoms with van der Waals surface area (Å²) in [6.07, 6.45) is 0.479. The summed E-state index contributed by atoms with van der Waals surface area (Å²) in [6, 6.07) is 9.56. The number of nitrogens with zero attached hydrogens (tertiary/aromatic N) is 5. The smallest absolute Gasteiger partial charge is 0.350 e. The second-order valence-electron chi connectivity index (χ2n) is 10.7. The lowest BCUT2D eigenvalue weighted by Gasteiger charge is -2.36. The molecule has 2 fully saturated rings. The number of anilines is 1. The Morgan fingerprint density at radius 1 is 1.10 bits per heavy atom. The van der Waals surface area contributed by atoms with E-state index in [0.29, 0.717) is 41.1 Å². The standard InChI is InChI=1S/C27H30F4N6O4S/c1-16-12-36(13-17(2)41-16)24-5-3-4-21(35-24)22-7-6-18-11-32-19(8-23(18)34-22)9-25(38)33-20-10-27(30,31)15-37(14-20)42(39,40)26(28)29/h3-8,11,16-17,20,26H,9-10,12-15H2,1-2H3,(H,33,38)/t16-,17+,20-/m0/s1. The van der Waals surface area contributed by atoms with Crippen LogP contribution in [0.2, 0.25) is 0 Å². The number of halogens is 4. The minimum absolute atomic E-state index is 0.0229. The van der Waals surface area contributed by atoms with Crippen LogP contribution in [0.3, 0.4) is 0 Å². The minimum atomic E-state index is -5.23. The molecule has 0 aliphatic carbocycles. The number of piperidine rings is 1. The summed E-state index contributed by atoms with van der Waals surface area (Å²) in [5.41, 5.74) is 2.08. The lowest BCUT2D eigenvalue weighted by molar-refractivity contribution is -0.123. The number of ether oxygens (including phenoxy) is 1. The maximum Gasteiger partial charge on any atom is 0.350 e. The van der Waals surface area contributed by atoms with Gasteiger partial charge in [-0.15, -0.1) is 0 Å². The minimum Gasteiger partial charge on any atom is -0.372 e. The lowest BCUT2D eigenvalue weighted by atomic mass is 10.0. The van der Waals surface area contributed by atoms with E-state index in [0.717, 1.165) is 5.82 Å². The van der Waals surface area contributed by atoms with Gasteiger partial charge in [0, 0.05) is 43.7 Å². The van der Waals surface area contributed by atoms with Crippen molar-refractivity contribution < 1.29 is 35.5 Å². The Bertz CT molecular complexity index is 1570. The number of morpholine rings is 1. The Hall–Kier alpha value is -3.43. The Morgan fingerprint density at radius 2 is 1.81 bits per heavy atom. The number of nitrogens with one attached hydrogen (secondary N) is 1. The van der Waals surface area contributed by atoms with Gasteiger partial charge in [0.1, 0.15) is 5.82 Å². The topological polar surface area (TPSA) is 118 Å². The summed E-state index contributed by atoms with van der Waals surface area (Å²) in [5.74, 6) is -7.33. The van der Waals surface area contributed by atoms with E-state index in [1.807, 2.05) is 44.2 Å². The first-order chi connectivity index (χ1) is 19.8. The maximum atomic E-state index is 14.2. The molecule has 2 aliphatic heterocycles. The van der Waals surface area contributed by atoms with E-state index < -0.39 is 53.2 Å². The van der Waals surface area contributed by atoms with Crippen molar-refractivity contribution in [3.05, 3.63) is 48.3 Å². The average molecular weight is 611 g/mol. The molecule has 5 rings (SSSR count). The number of alkyl halides is 4. The predicted octanol–water partition coefficient (Wildman–Crippen LogP) is 3.23. The highest BCUT2D eigenvalue weighted by molar-refractivity contribution is 7.89. The first kappa shape index (κ1) is 30.0. The first-order valence-electron chi connectivity index (χ1n) is 13.4. The number of amides is 1. The lowest BCUT2D eigenvalue weighted by Crippen LogP contribution is -2.57. The van der Waals surface area contributed by atoms with Gasteiger partial charge < -0.3 is 15.0 Å². The van der Waals surface area contributed by atoms with Crippen molar-refractivity contribution in [3.8, 4) is 11.4 Å². The summed E-state index contributed by atoms with van der Waals surface area (Å²) in [4.78, 5) is 28.6. The molecule has 0 saturated carbocycles. The molecule has 2 aliphatic rings. The van der Waals surface area contributed by atoms with E-state index in [-0.39, 0.29) is 22.9 Å². The highest BCUT2D eigenvalue weighted by Gasteiger charge is 2.47. The zero-order chi connectivity index (χ0) is 30.2. The van der Waals surface area contributed by atoms with E-state index in [1.165, 1.54) is 6.20 Å². The summed E-state index contributed by atoms with van der Waals surface area (Å²) < 4.78 is 83.6. The third-order valence-corrected chi connectivity index (χ3v) is 8.49. The fraction of sp³-hybridized carbons (Fsp3) is 0.481. The van der Waals surface area contributed by atoms with Crippen molar-refractivity contribution >= 4 is 32.7 Å². The molecule has 3 aromatic heterocycles. The number of aromatic nitrogens is 3. The Morgan fingerprint density at radius 3 is 2.52 bits per heavy atom. The fourth-order valence-corrected chi connectivity index (χ4v) is 6.29. The number of hydrogen-bond acceptors (Lipinski definition) is 8. The molecule has 0 spiro atoms. The fourth-order valence-electron chi connectivity index (χ4n) is 5.31. The van der Waals surface area contributed by atoms with Crippen molar-refractivity contribution in [1.82, 2.24) is 24.6 Å². The van der Waals surface area contributed by atoms with Crippen LogP contribution in [0, 0.1) is 0 Å². The highest BCUT2D eigenvalue weighted by atomic mass is 32.2. The van der Waals surface area contributed by atoms with Gasteiger partial charge in [-0.3, -0.25) is 9.78 Å². The number of rotatable bonds is 7. The van der Waals surface area contributed by atoms with Gasteiger partial charge in [-0.05, 0) is 44.2 Å². The number of carbonyl (C=O) groups is 1. The second kappa shape index (κ2) is 11.7. The molecule has 3 atom stereocenters. The van der Waals surface area contributed by atoms with Crippen LogP contribution >= 0.6 is 0 Å². The third kappa shape index (κ3) is 6.79. The van der Waals surface area contributed by atoms with Gasteiger partial charge in [0.05, 0.1) is 47.8 Å². The Labute approximate surface area is 240 Å². The molecule has 226 valence electrons. The summed E-state index contributed by atoms with van der Waals surface area (Å²) >= 11 is 0. The first-order valence-corrected chi connectivity index (χ1v) is 14.9. The third-order valence-electron chi connectivity index (χ3n) is 7.04. The number of hydrogen-bond donors (Lipinski definition) is 1. The van der Waals surface area contributed by atoms with Gasteiger partial charge in [-0.1, -0.05) is 6.07 Å². The van der Waals surface area contributed by atoms with E-state index in [4.69, 9.17) is 14.7 Å². The number of sulfonamides is 1. The van der Waals surface area contributed by atoms with E-state index in [1.54, 1.807) is 6.07 Å². The zero-order valence-electron chi connectivity index (χ0n) is 22.9. The molecule has 10 nitrogen and oxygen atoms in total. The molecular formula is C27H30F4N6O4S. The van der Waals surface area contributed by atoms with Crippen LogP contribution in [0.25, 0.3) is 22.3 Å². The largest absolute Gasteiger partial charge is 0.372 e. The number of fused-ring (bicyclic) bond motifs is 1. The van der Waals surface area contributed by atoms with Crippen LogP contribution in [0.1, 0.15) is 26.0 Å². The summed E-state index contributed by atoms with van der Waals surface area (Å²) in [7, 11) is -5.23. The normalized spacial score (nSPS) is 23.3. The quantitative estimate of drug-likeness (QED) is 0.406. The van der Waals surface area contributed by atoms with Crippen molar-refractivity contribution in [3.63, 3.8) is 0 Å². The van der Waals surface area contributed by atoms with Crippen molar-refractivity contribution in [1.29, 1.82) is 0 Å². The molecule has 3 aromatic rings. The Kier molecular flexibility index (Phi) is 8.36. The van der Waals surface area contributed by atoms with Crippen LogP contribution in [-0.4, -0.2) is 89.7 Å². The van der Waals surface area contributed by atoms with Crippen molar-refractivity contribution in [2.45, 2.75) is 56.6 Å². The van der Waals surface area contributed by atoms with Crippen LogP contribution < -0.4 is 10.2 Å². The molecule has 0 bridgehead atoms. The molecule has 0 radical (unpaired) electrons. The maximum absolute atomic E-state index is 14.2. The van der Waals surface area contributed by atoms with Crippen LogP contribution in [-0.2, 0) is 26.0 Å². The predicted molar refractivity (Wildman–Crippen MR) is 147 cm³/mol. The average Bonchev–Trinajstić information content (AvgIpc) is 2.91. The molecule has 5 heterocycles. The van der Waals surface area contributed by atoms with Crippen molar-refractivity contribution in [2.75, 3.05) is 31.1 Å². The van der Waals surface area contributed by atoms with Gasteiger partial charge >= 0.3 is 5.76 Å². The monoisotopic (exact) mass is 610 g/mol. The molecular weight excluding hydrogens is 580 g/mol. The van der Waals surface area contributed by atoms with E-state index >= 15 is 0 Å². The Balaban J connectivity index is 1.30. The van der Waals surface area contributed by atoms with Gasteiger partial charge in [-0.25, -0.2) is 27.2 Å². The van der Waals surface area contributed by atoms with Gasteiger partial charge in [0.25, 0.3) is 15.9 Å². The van der Waals surface area contributed by atoms with Crippen molar-refractivity contribution in [2.24, 2.45) is 0 Å². The number of carbonyl (C=O) groups excluding carboxylic acids is 1. The number of pyridine rings is 3. The van der Waals surface area contributed by atoms with Gasteiger partial charge in [0.2, 0.25) is 5.91 Å². The molecule has 0 aromatic carbocycles. The molecule has 42 heavy (non-hydrogen) atoms. The van der Waals surface area contributed by atoms with Crippen LogP contribution in [0.15, 0.2) is 42.6 Å². The molecule has 0 unspecified atom stereocenters. The summed E-state index contributed by atoms with van der Waals surface area (Å²) in [5, 5.41) is 3.04. The van der Waals surface area contributed by atoms with Gasteiger partial charge in [0.15, 0.2) is 0 Å². The summed E-state index contributed by atoms with van der Waals surface area (Å²) in [6.45, 7) is 3.40. The zero-order valence-corrected chi connectivity index (χ0v) is 23.7. The van der Waals surface area contributed by atoms with Crippen LogP contribution in [0.4, 0.5) is 23.4 Å². The van der Waals surface area contributed by atoms with E-state index in [2.05, 4.69) is 15.2 Å². The molecule has 1 amide bonds. The van der Waals surface area contributed by atoms with Crippen LogP contribution in [0.5, 0.6) is 0 Å². The highest BCUT2D eigenvalue weighted by Crippen LogP contribution is 2.30. The molecule has 15 heteroatoms. The molecule has 2 saturated heterocycles. The van der Waals surface area contributed by atoms with E-state index in [9.17, 15) is 30.8 Å².